The second-order valence-electron chi connectivity index (χ2n) is 4.70. The summed E-state index contributed by atoms with van der Waals surface area (Å²) in [5.41, 5.74) is 7.25. The van der Waals surface area contributed by atoms with Crippen LogP contribution in [0.4, 0.5) is 0 Å². The van der Waals surface area contributed by atoms with Gasteiger partial charge in [0.1, 0.15) is 0 Å². The van der Waals surface area contributed by atoms with Crippen LogP contribution in [0.3, 0.4) is 0 Å². The molecule has 2 N–H and O–H groups in total. The zero-order chi connectivity index (χ0) is 12.8. The van der Waals surface area contributed by atoms with Crippen LogP contribution in [-0.4, -0.2) is 23.9 Å². The minimum atomic E-state index is 0. The first-order valence-electron chi connectivity index (χ1n) is 6.55. The van der Waals surface area contributed by atoms with Crippen molar-refractivity contribution in [2.75, 3.05) is 13.1 Å². The molecule has 1 aliphatic rings. The van der Waals surface area contributed by atoms with Gasteiger partial charge in [-0.3, -0.25) is 0 Å². The highest BCUT2D eigenvalue weighted by molar-refractivity contribution is 14.0. The Morgan fingerprint density at radius 2 is 1.68 bits per heavy atom. The lowest BCUT2D eigenvalue weighted by Gasteiger charge is -2.21. The van der Waals surface area contributed by atoms with Crippen molar-refractivity contribution < 1.29 is 0 Å². The van der Waals surface area contributed by atoms with E-state index in [1.807, 2.05) is 12.1 Å². The molecule has 1 saturated heterocycles. The fourth-order valence-electron chi connectivity index (χ4n) is 2.16. The predicted molar refractivity (Wildman–Crippen MR) is 94.9 cm³/mol. The van der Waals surface area contributed by atoms with Crippen molar-refractivity contribution in [3.63, 3.8) is 0 Å². The van der Waals surface area contributed by atoms with E-state index in [2.05, 4.69) is 38.0 Å². The molecule has 1 aliphatic heterocycles. The van der Waals surface area contributed by atoms with Crippen molar-refractivity contribution in [3.05, 3.63) is 34.3 Å². The smallest absolute Gasteiger partial charge is 0.191 e. The molecule has 0 unspecified atom stereocenters. The number of benzene rings is 1. The van der Waals surface area contributed by atoms with E-state index in [1.165, 1.54) is 31.2 Å². The van der Waals surface area contributed by atoms with Crippen LogP contribution in [0.1, 0.15) is 31.2 Å². The van der Waals surface area contributed by atoms with E-state index in [-0.39, 0.29) is 24.0 Å². The van der Waals surface area contributed by atoms with Gasteiger partial charge in [-0.25, -0.2) is 4.99 Å². The first kappa shape index (κ1) is 16.8. The highest BCUT2D eigenvalue weighted by atomic mass is 127. The van der Waals surface area contributed by atoms with Crippen LogP contribution in [0.15, 0.2) is 33.7 Å². The molecule has 0 bridgehead atoms. The molecule has 19 heavy (non-hydrogen) atoms. The highest BCUT2D eigenvalue weighted by Crippen LogP contribution is 2.12. The van der Waals surface area contributed by atoms with Crippen LogP contribution in [0.2, 0.25) is 0 Å². The van der Waals surface area contributed by atoms with Crippen molar-refractivity contribution in [1.29, 1.82) is 0 Å². The Morgan fingerprint density at radius 1 is 1.11 bits per heavy atom. The molecule has 106 valence electrons. The number of likely N-dealkylation sites (tertiary alicyclic amines) is 1. The van der Waals surface area contributed by atoms with Crippen molar-refractivity contribution >= 4 is 45.9 Å². The van der Waals surface area contributed by atoms with Crippen LogP contribution >= 0.6 is 39.9 Å². The molecule has 1 aromatic carbocycles. The lowest BCUT2D eigenvalue weighted by molar-refractivity contribution is 0.428. The highest BCUT2D eigenvalue weighted by Gasteiger charge is 2.10. The van der Waals surface area contributed by atoms with Gasteiger partial charge in [0, 0.05) is 17.6 Å². The van der Waals surface area contributed by atoms with Crippen LogP contribution in [0.25, 0.3) is 0 Å². The molecule has 3 nitrogen and oxygen atoms in total. The van der Waals surface area contributed by atoms with Gasteiger partial charge in [0.2, 0.25) is 0 Å². The van der Waals surface area contributed by atoms with E-state index >= 15 is 0 Å². The van der Waals surface area contributed by atoms with Gasteiger partial charge in [-0.15, -0.1) is 24.0 Å². The Labute approximate surface area is 140 Å². The van der Waals surface area contributed by atoms with Crippen LogP contribution < -0.4 is 5.73 Å². The molecular formula is C14H21BrIN3. The van der Waals surface area contributed by atoms with Gasteiger partial charge in [0.05, 0.1) is 6.54 Å². The fourth-order valence-corrected chi connectivity index (χ4v) is 2.43. The summed E-state index contributed by atoms with van der Waals surface area (Å²) in [5, 5.41) is 0. The molecule has 0 aliphatic carbocycles. The summed E-state index contributed by atoms with van der Waals surface area (Å²) in [6.07, 6.45) is 5.09. The number of hydrogen-bond acceptors (Lipinski definition) is 1. The van der Waals surface area contributed by atoms with Gasteiger partial charge in [0.15, 0.2) is 5.96 Å². The van der Waals surface area contributed by atoms with Gasteiger partial charge >= 0.3 is 0 Å². The minimum Gasteiger partial charge on any atom is -0.370 e. The second-order valence-corrected chi connectivity index (χ2v) is 5.62. The number of nitrogens with zero attached hydrogens (tertiary/aromatic N) is 2. The zero-order valence-electron chi connectivity index (χ0n) is 11.0. The number of hydrogen-bond donors (Lipinski definition) is 1. The van der Waals surface area contributed by atoms with Gasteiger partial charge in [0.25, 0.3) is 0 Å². The van der Waals surface area contributed by atoms with E-state index in [0.29, 0.717) is 12.5 Å². The molecule has 2 rings (SSSR count). The Balaban J connectivity index is 0.00000180. The number of halogens is 2. The van der Waals surface area contributed by atoms with E-state index in [1.54, 1.807) is 0 Å². The molecule has 5 heteroatoms. The minimum absolute atomic E-state index is 0. The second kappa shape index (κ2) is 8.79. The predicted octanol–water partition coefficient (Wildman–Crippen LogP) is 3.76. The van der Waals surface area contributed by atoms with Crippen LogP contribution in [0.5, 0.6) is 0 Å². The monoisotopic (exact) mass is 437 g/mol. The van der Waals surface area contributed by atoms with E-state index in [4.69, 9.17) is 5.73 Å². The number of guanidine groups is 1. The maximum Gasteiger partial charge on any atom is 0.191 e. The maximum absolute atomic E-state index is 6.06. The van der Waals surface area contributed by atoms with Gasteiger partial charge in [-0.05, 0) is 30.5 Å². The summed E-state index contributed by atoms with van der Waals surface area (Å²) in [7, 11) is 0. The number of rotatable bonds is 2. The summed E-state index contributed by atoms with van der Waals surface area (Å²) in [6.45, 7) is 2.76. The third-order valence-corrected chi connectivity index (χ3v) is 3.80. The van der Waals surface area contributed by atoms with Crippen molar-refractivity contribution in [3.8, 4) is 0 Å². The number of aliphatic imine (C=N–C) groups is 1. The third kappa shape index (κ3) is 5.69. The van der Waals surface area contributed by atoms with Gasteiger partial charge in [-0.2, -0.15) is 0 Å². The summed E-state index contributed by atoms with van der Waals surface area (Å²) in [5.74, 6) is 0.694. The summed E-state index contributed by atoms with van der Waals surface area (Å²) < 4.78 is 1.09. The molecule has 0 saturated carbocycles. The van der Waals surface area contributed by atoms with Crippen LogP contribution in [0, 0.1) is 0 Å². The average Bonchev–Trinajstić information content (AvgIpc) is 2.66. The van der Waals surface area contributed by atoms with E-state index in [9.17, 15) is 0 Å². The molecule has 1 fully saturated rings. The standard InChI is InChI=1S/C14H20BrN3.HI/c15-13-7-5-12(6-8-13)11-17-14(16)18-9-3-1-2-4-10-18;/h5-8H,1-4,9-11H2,(H2,16,17);1H. The molecule has 0 aromatic heterocycles. The molecule has 0 atom stereocenters. The van der Waals surface area contributed by atoms with Crippen molar-refractivity contribution in [2.24, 2.45) is 10.7 Å². The molecule has 0 spiro atoms. The Hall–Kier alpha value is -0.300. The number of nitrogens with two attached hydrogens (primary N) is 1. The Bertz CT molecular complexity index is 398. The molecular weight excluding hydrogens is 417 g/mol. The Morgan fingerprint density at radius 3 is 2.26 bits per heavy atom. The fraction of sp³-hybridized carbons (Fsp3) is 0.500. The summed E-state index contributed by atoms with van der Waals surface area (Å²) in [6, 6.07) is 8.21. The first-order valence-corrected chi connectivity index (χ1v) is 7.34. The van der Waals surface area contributed by atoms with Gasteiger partial charge in [-0.1, -0.05) is 40.9 Å². The maximum atomic E-state index is 6.06. The normalized spacial score (nSPS) is 16.7. The summed E-state index contributed by atoms with van der Waals surface area (Å²) >= 11 is 3.43. The Kier molecular flexibility index (Phi) is 7.75. The average molecular weight is 438 g/mol. The van der Waals surface area contributed by atoms with E-state index < -0.39 is 0 Å². The largest absolute Gasteiger partial charge is 0.370 e. The lowest BCUT2D eigenvalue weighted by atomic mass is 10.2. The van der Waals surface area contributed by atoms with Gasteiger partial charge < -0.3 is 10.6 Å². The SMILES string of the molecule is I.NC(=NCc1ccc(Br)cc1)N1CCCCCC1. The topological polar surface area (TPSA) is 41.6 Å². The third-order valence-electron chi connectivity index (χ3n) is 3.27. The molecule has 1 heterocycles. The van der Waals surface area contributed by atoms with E-state index in [0.717, 1.165) is 17.6 Å². The summed E-state index contributed by atoms with van der Waals surface area (Å²) in [4.78, 5) is 6.71. The molecule has 0 amide bonds. The van der Waals surface area contributed by atoms with Crippen molar-refractivity contribution in [1.82, 2.24) is 4.90 Å². The quantitative estimate of drug-likeness (QED) is 0.434. The lowest BCUT2D eigenvalue weighted by Crippen LogP contribution is -2.38. The molecule has 1 aromatic rings. The zero-order valence-corrected chi connectivity index (χ0v) is 14.9. The van der Waals surface area contributed by atoms with Crippen LogP contribution in [-0.2, 0) is 6.54 Å². The van der Waals surface area contributed by atoms with Crippen molar-refractivity contribution in [2.45, 2.75) is 32.2 Å². The first-order chi connectivity index (χ1) is 8.75. The molecule has 0 radical (unpaired) electrons.